The van der Waals surface area contributed by atoms with E-state index < -0.39 is 54.8 Å². The third-order valence-electron chi connectivity index (χ3n) is 7.09. The number of ether oxygens (including phenoxy) is 3. The van der Waals surface area contributed by atoms with Gasteiger partial charge in [-0.05, 0) is 19.8 Å². The molecule has 0 radical (unpaired) electrons. The quantitative estimate of drug-likeness (QED) is 0.418. The fraction of sp³-hybridized carbons (Fsp3) is 0.440. The summed E-state index contributed by atoms with van der Waals surface area (Å²) in [6, 6.07) is 7.95. The molecule has 3 fully saturated rings. The van der Waals surface area contributed by atoms with E-state index in [1.165, 1.54) is 17.6 Å². The molecule has 14 nitrogen and oxygen atoms in total. The Balaban J connectivity index is 1.34. The van der Waals surface area contributed by atoms with Gasteiger partial charge in [0.1, 0.15) is 24.6 Å². The number of hydrogen-bond acceptors (Lipinski definition) is 9. The van der Waals surface area contributed by atoms with Gasteiger partial charge in [-0.1, -0.05) is 30.3 Å². The van der Waals surface area contributed by atoms with Gasteiger partial charge in [0.15, 0.2) is 35.6 Å². The van der Waals surface area contributed by atoms with Crippen molar-refractivity contribution in [3.8, 4) is 0 Å². The molecule has 0 saturated carbocycles. The minimum Gasteiger partial charge on any atom is -0.480 e. The van der Waals surface area contributed by atoms with Gasteiger partial charge in [0.25, 0.3) is 5.91 Å². The number of aliphatic carboxylic acids is 1. The second kappa shape index (κ2) is 10.2. The number of likely N-dealkylation sites (tertiary alicyclic amines) is 1. The average Bonchev–Trinajstić information content (AvgIpc) is 3.72. The lowest BCUT2D eigenvalue weighted by Gasteiger charge is -2.27. The number of carboxylic acids is 1. The molecule has 0 bridgehead atoms. The summed E-state index contributed by atoms with van der Waals surface area (Å²) in [5.74, 6) is -1.31. The van der Waals surface area contributed by atoms with Gasteiger partial charge in [0, 0.05) is 18.7 Å². The van der Waals surface area contributed by atoms with Crippen LogP contribution in [0.4, 0.5) is 10.6 Å². The number of rotatable bonds is 6. The molecule has 5 heterocycles. The van der Waals surface area contributed by atoms with Crippen molar-refractivity contribution in [2.45, 2.75) is 56.6 Å². The maximum atomic E-state index is 13.7. The smallest absolute Gasteiger partial charge is 0.326 e. The zero-order chi connectivity index (χ0) is 27.1. The Bertz CT molecular complexity index is 1400. The number of fused-ring (bicyclic) bond motifs is 2. The average molecular weight is 538 g/mol. The summed E-state index contributed by atoms with van der Waals surface area (Å²) in [5.41, 5.74) is 1.44. The molecule has 6 atom stereocenters. The number of imidazole rings is 1. The second-order valence-electron chi connectivity index (χ2n) is 9.45. The van der Waals surface area contributed by atoms with Crippen LogP contribution in [0.2, 0.25) is 0 Å². The van der Waals surface area contributed by atoms with Gasteiger partial charge in [-0.15, -0.1) is 0 Å². The predicted octanol–water partition coefficient (Wildman–Crippen LogP) is 1.42. The molecule has 3 saturated heterocycles. The van der Waals surface area contributed by atoms with Crippen LogP contribution in [0.15, 0.2) is 43.0 Å². The van der Waals surface area contributed by atoms with Crippen LogP contribution < -0.4 is 10.6 Å². The molecule has 3 N–H and O–H groups in total. The SMILES string of the molecule is CCNC(=O)Nc1ncnc2c1ncn2C1OC(C(=O)N2CCC[C@@H]2C(=O)O)C2O[C@@H](c3ccccc3)OC21. The Labute approximate surface area is 222 Å². The highest BCUT2D eigenvalue weighted by Crippen LogP contribution is 2.45. The first-order valence-corrected chi connectivity index (χ1v) is 12.7. The molecular formula is C25H27N7O7. The molecule has 6 rings (SSSR count). The van der Waals surface area contributed by atoms with E-state index in [0.717, 1.165) is 5.56 Å². The highest BCUT2D eigenvalue weighted by atomic mass is 16.8. The Kier molecular flexibility index (Phi) is 6.58. The van der Waals surface area contributed by atoms with E-state index in [0.29, 0.717) is 37.1 Å². The monoisotopic (exact) mass is 537 g/mol. The van der Waals surface area contributed by atoms with Gasteiger partial charge in [0.2, 0.25) is 0 Å². The maximum absolute atomic E-state index is 13.7. The number of amides is 3. The zero-order valence-corrected chi connectivity index (χ0v) is 21.0. The second-order valence-corrected chi connectivity index (χ2v) is 9.45. The van der Waals surface area contributed by atoms with Crippen molar-refractivity contribution < 1.29 is 33.7 Å². The molecule has 1 aromatic carbocycles. The van der Waals surface area contributed by atoms with E-state index in [4.69, 9.17) is 14.2 Å². The predicted molar refractivity (Wildman–Crippen MR) is 133 cm³/mol. The number of carbonyl (C=O) groups is 3. The van der Waals surface area contributed by atoms with Crippen molar-refractivity contribution in [1.82, 2.24) is 29.7 Å². The minimum absolute atomic E-state index is 0.207. The van der Waals surface area contributed by atoms with E-state index >= 15 is 0 Å². The van der Waals surface area contributed by atoms with Gasteiger partial charge in [-0.2, -0.15) is 0 Å². The van der Waals surface area contributed by atoms with Crippen molar-refractivity contribution in [3.05, 3.63) is 48.5 Å². The molecule has 3 amide bonds. The molecular weight excluding hydrogens is 510 g/mol. The normalized spacial score (nSPS) is 28.0. The third kappa shape index (κ3) is 4.45. The topological polar surface area (TPSA) is 170 Å². The molecule has 0 spiro atoms. The van der Waals surface area contributed by atoms with Crippen LogP contribution in [-0.4, -0.2) is 84.9 Å². The number of aromatic nitrogens is 4. The highest BCUT2D eigenvalue weighted by molar-refractivity contribution is 5.95. The number of nitrogens with one attached hydrogen (secondary N) is 2. The van der Waals surface area contributed by atoms with Crippen LogP contribution in [0.25, 0.3) is 11.2 Å². The van der Waals surface area contributed by atoms with E-state index in [9.17, 15) is 19.5 Å². The standard InChI is InChI=1S/C25H27N7O7/c1-2-26-25(36)30-19-15-20(28-11-27-19)32(12-29-15)22-18-16(38-24(39-18)13-7-4-3-5-8-13)17(37-22)21(33)31-10-6-9-14(31)23(34)35/h3-5,7-8,11-12,14,16-18,22,24H,2,6,9-10H2,1H3,(H,34,35)(H2,26,27,28,30,36)/t14-,16?,17?,18?,22?,24-/m1/s1. The van der Waals surface area contributed by atoms with Crippen molar-refractivity contribution in [3.63, 3.8) is 0 Å². The minimum atomic E-state index is -1.11. The fourth-order valence-electron chi connectivity index (χ4n) is 5.33. The summed E-state index contributed by atoms with van der Waals surface area (Å²) in [5, 5.41) is 14.9. The first kappa shape index (κ1) is 25.2. The van der Waals surface area contributed by atoms with Crippen LogP contribution in [-0.2, 0) is 23.8 Å². The van der Waals surface area contributed by atoms with Crippen molar-refractivity contribution >= 4 is 34.9 Å². The van der Waals surface area contributed by atoms with E-state index in [1.807, 2.05) is 30.3 Å². The summed E-state index contributed by atoms with van der Waals surface area (Å²) >= 11 is 0. The lowest BCUT2D eigenvalue weighted by atomic mass is 10.1. The molecule has 3 aliphatic rings. The van der Waals surface area contributed by atoms with Crippen LogP contribution >= 0.6 is 0 Å². The van der Waals surface area contributed by atoms with Crippen LogP contribution in [0.5, 0.6) is 0 Å². The number of anilines is 1. The van der Waals surface area contributed by atoms with Crippen molar-refractivity contribution in [2.24, 2.45) is 0 Å². The Morgan fingerprint density at radius 1 is 1.08 bits per heavy atom. The van der Waals surface area contributed by atoms with Gasteiger partial charge < -0.3 is 29.5 Å². The Hall–Kier alpha value is -4.14. The fourth-order valence-corrected chi connectivity index (χ4v) is 5.33. The molecule has 0 aliphatic carbocycles. The van der Waals surface area contributed by atoms with Gasteiger partial charge in [0.05, 0.1) is 6.33 Å². The molecule has 3 aliphatic heterocycles. The lowest BCUT2D eigenvalue weighted by molar-refractivity contribution is -0.171. The van der Waals surface area contributed by atoms with Crippen molar-refractivity contribution in [2.75, 3.05) is 18.4 Å². The molecule has 3 aromatic rings. The van der Waals surface area contributed by atoms with Gasteiger partial charge in [-0.25, -0.2) is 24.5 Å². The van der Waals surface area contributed by atoms with Crippen LogP contribution in [0, 0.1) is 0 Å². The number of carboxylic acid groups (broad SMARTS) is 1. The zero-order valence-electron chi connectivity index (χ0n) is 21.0. The highest BCUT2D eigenvalue weighted by Gasteiger charge is 2.58. The first-order chi connectivity index (χ1) is 19.0. The number of urea groups is 1. The molecule has 204 valence electrons. The Morgan fingerprint density at radius 2 is 1.87 bits per heavy atom. The number of carbonyl (C=O) groups excluding carboxylic acids is 2. The number of hydrogen-bond donors (Lipinski definition) is 3. The van der Waals surface area contributed by atoms with Crippen LogP contribution in [0.3, 0.4) is 0 Å². The number of nitrogens with zero attached hydrogens (tertiary/aromatic N) is 5. The lowest BCUT2D eigenvalue weighted by Crippen LogP contribution is -2.49. The van der Waals surface area contributed by atoms with Crippen molar-refractivity contribution in [1.29, 1.82) is 0 Å². The van der Waals surface area contributed by atoms with E-state index in [2.05, 4.69) is 25.6 Å². The summed E-state index contributed by atoms with van der Waals surface area (Å²) in [7, 11) is 0. The number of benzene rings is 1. The molecule has 14 heteroatoms. The van der Waals surface area contributed by atoms with Gasteiger partial charge in [-0.3, -0.25) is 14.7 Å². The third-order valence-corrected chi connectivity index (χ3v) is 7.09. The van der Waals surface area contributed by atoms with E-state index in [-0.39, 0.29) is 5.82 Å². The van der Waals surface area contributed by atoms with E-state index in [1.54, 1.807) is 11.5 Å². The summed E-state index contributed by atoms with van der Waals surface area (Å²) in [6.07, 6.45) is -0.556. The molecule has 2 aromatic heterocycles. The summed E-state index contributed by atoms with van der Waals surface area (Å²) in [6.45, 7) is 2.54. The maximum Gasteiger partial charge on any atom is 0.326 e. The summed E-state index contributed by atoms with van der Waals surface area (Å²) in [4.78, 5) is 51.8. The van der Waals surface area contributed by atoms with Gasteiger partial charge >= 0.3 is 12.0 Å². The largest absolute Gasteiger partial charge is 0.480 e. The van der Waals surface area contributed by atoms with Crippen LogP contribution in [0.1, 0.15) is 37.8 Å². The summed E-state index contributed by atoms with van der Waals surface area (Å²) < 4.78 is 20.4. The molecule has 39 heavy (non-hydrogen) atoms. The Morgan fingerprint density at radius 3 is 2.64 bits per heavy atom. The first-order valence-electron chi connectivity index (χ1n) is 12.7. The molecule has 4 unspecified atom stereocenters.